The van der Waals surface area contributed by atoms with Crippen LogP contribution in [0.4, 0.5) is 4.39 Å². The number of hydrogen-bond acceptors (Lipinski definition) is 1. The van der Waals surface area contributed by atoms with Crippen LogP contribution in [-0.2, 0) is 4.79 Å². The summed E-state index contributed by atoms with van der Waals surface area (Å²) in [7, 11) is 0. The van der Waals surface area contributed by atoms with Crippen LogP contribution < -0.4 is 0 Å². The Morgan fingerprint density at radius 3 is 2.38 bits per heavy atom. The Morgan fingerprint density at radius 2 is 2.08 bits per heavy atom. The molecule has 0 N–H and O–H groups in total. The molecule has 1 saturated heterocycles. The molecular formula is C10H18FNO. The molecule has 1 aliphatic heterocycles. The standard InChI is InChI=1S/C10H18FNO/c1-5-12-8(10(2,3)4)6-7(11)9(12)13/h7-8H,5-6H2,1-4H3. The third-order valence-electron chi connectivity index (χ3n) is 2.70. The SMILES string of the molecule is CCN1C(=O)C(F)CC1C(C)(C)C. The molecule has 0 aromatic carbocycles. The van der Waals surface area contributed by atoms with Gasteiger partial charge in [-0.15, -0.1) is 0 Å². The Balaban J connectivity index is 2.83. The van der Waals surface area contributed by atoms with Gasteiger partial charge >= 0.3 is 0 Å². The van der Waals surface area contributed by atoms with Gasteiger partial charge in [0.2, 0.25) is 0 Å². The number of amides is 1. The molecule has 1 aliphatic rings. The normalized spacial score (nSPS) is 29.9. The third kappa shape index (κ3) is 1.84. The average Bonchev–Trinajstić information content (AvgIpc) is 2.28. The lowest BCUT2D eigenvalue weighted by Crippen LogP contribution is -2.41. The second kappa shape index (κ2) is 3.28. The summed E-state index contributed by atoms with van der Waals surface area (Å²) in [4.78, 5) is 13.0. The van der Waals surface area contributed by atoms with Gasteiger partial charge in [0, 0.05) is 19.0 Å². The monoisotopic (exact) mass is 187 g/mol. The fraction of sp³-hybridized carbons (Fsp3) is 0.900. The van der Waals surface area contributed by atoms with Crippen molar-refractivity contribution in [3.05, 3.63) is 0 Å². The topological polar surface area (TPSA) is 20.3 Å². The molecule has 76 valence electrons. The molecular weight excluding hydrogens is 169 g/mol. The maximum atomic E-state index is 13.1. The number of carbonyl (C=O) groups excluding carboxylic acids is 1. The lowest BCUT2D eigenvalue weighted by Gasteiger charge is -2.33. The van der Waals surface area contributed by atoms with Crippen LogP contribution in [0.3, 0.4) is 0 Å². The van der Waals surface area contributed by atoms with E-state index in [0.29, 0.717) is 13.0 Å². The van der Waals surface area contributed by atoms with Crippen molar-refractivity contribution < 1.29 is 9.18 Å². The molecule has 0 spiro atoms. The Morgan fingerprint density at radius 1 is 1.54 bits per heavy atom. The lowest BCUT2D eigenvalue weighted by atomic mass is 9.85. The molecule has 0 saturated carbocycles. The van der Waals surface area contributed by atoms with Crippen LogP contribution in [0.15, 0.2) is 0 Å². The smallest absolute Gasteiger partial charge is 0.257 e. The van der Waals surface area contributed by atoms with Gasteiger partial charge in [-0.3, -0.25) is 4.79 Å². The van der Waals surface area contributed by atoms with E-state index in [2.05, 4.69) is 0 Å². The van der Waals surface area contributed by atoms with E-state index in [4.69, 9.17) is 0 Å². The fourth-order valence-corrected chi connectivity index (χ4v) is 1.95. The number of alkyl halides is 1. The van der Waals surface area contributed by atoms with Crippen LogP contribution >= 0.6 is 0 Å². The van der Waals surface area contributed by atoms with Crippen molar-refractivity contribution in [2.75, 3.05) is 6.54 Å². The first kappa shape index (κ1) is 10.5. The molecule has 1 rings (SSSR count). The lowest BCUT2D eigenvalue weighted by molar-refractivity contribution is -0.133. The van der Waals surface area contributed by atoms with E-state index in [0.717, 1.165) is 0 Å². The van der Waals surface area contributed by atoms with Gasteiger partial charge in [0.1, 0.15) is 0 Å². The highest BCUT2D eigenvalue weighted by molar-refractivity contribution is 5.83. The second-order valence-corrected chi connectivity index (χ2v) is 4.71. The minimum atomic E-state index is -1.27. The fourth-order valence-electron chi connectivity index (χ4n) is 1.95. The summed E-state index contributed by atoms with van der Waals surface area (Å²) >= 11 is 0. The molecule has 3 heteroatoms. The Kier molecular flexibility index (Phi) is 2.64. The van der Waals surface area contributed by atoms with E-state index in [9.17, 15) is 9.18 Å². The van der Waals surface area contributed by atoms with Crippen LogP contribution in [0.25, 0.3) is 0 Å². The predicted molar refractivity (Wildman–Crippen MR) is 50.1 cm³/mol. The molecule has 0 aromatic rings. The summed E-state index contributed by atoms with van der Waals surface area (Å²) in [6.07, 6.45) is -0.917. The van der Waals surface area contributed by atoms with Gasteiger partial charge in [-0.2, -0.15) is 0 Å². The van der Waals surface area contributed by atoms with Gasteiger partial charge in [0.15, 0.2) is 6.17 Å². The van der Waals surface area contributed by atoms with Gasteiger partial charge in [-0.1, -0.05) is 20.8 Å². The van der Waals surface area contributed by atoms with Gasteiger partial charge in [-0.25, -0.2) is 4.39 Å². The summed E-state index contributed by atoms with van der Waals surface area (Å²) in [5, 5.41) is 0. The van der Waals surface area contributed by atoms with Gasteiger partial charge in [-0.05, 0) is 12.3 Å². The molecule has 13 heavy (non-hydrogen) atoms. The molecule has 1 fully saturated rings. The number of hydrogen-bond donors (Lipinski definition) is 0. The highest BCUT2D eigenvalue weighted by Crippen LogP contribution is 2.34. The zero-order chi connectivity index (χ0) is 10.2. The first-order valence-electron chi connectivity index (χ1n) is 4.82. The third-order valence-corrected chi connectivity index (χ3v) is 2.70. The summed E-state index contributed by atoms with van der Waals surface area (Å²) in [5.41, 5.74) is -0.0213. The van der Waals surface area contributed by atoms with E-state index in [1.54, 1.807) is 4.90 Å². The van der Waals surface area contributed by atoms with E-state index >= 15 is 0 Å². The zero-order valence-electron chi connectivity index (χ0n) is 8.80. The largest absolute Gasteiger partial charge is 0.337 e. The summed E-state index contributed by atoms with van der Waals surface area (Å²) < 4.78 is 13.1. The van der Waals surface area contributed by atoms with E-state index < -0.39 is 6.17 Å². The van der Waals surface area contributed by atoms with Crippen molar-refractivity contribution in [2.45, 2.75) is 46.3 Å². The highest BCUT2D eigenvalue weighted by Gasteiger charge is 2.44. The molecule has 0 bridgehead atoms. The van der Waals surface area contributed by atoms with Crippen LogP contribution in [0.1, 0.15) is 34.1 Å². The number of likely N-dealkylation sites (tertiary alicyclic amines) is 1. The number of halogens is 1. The molecule has 0 radical (unpaired) electrons. The minimum absolute atomic E-state index is 0.0213. The highest BCUT2D eigenvalue weighted by atomic mass is 19.1. The minimum Gasteiger partial charge on any atom is -0.337 e. The van der Waals surface area contributed by atoms with Crippen molar-refractivity contribution in [2.24, 2.45) is 5.41 Å². The number of carbonyl (C=O) groups is 1. The maximum absolute atomic E-state index is 13.1. The van der Waals surface area contributed by atoms with Crippen molar-refractivity contribution in [3.8, 4) is 0 Å². The van der Waals surface area contributed by atoms with E-state index in [1.807, 2.05) is 27.7 Å². The average molecular weight is 187 g/mol. The predicted octanol–water partition coefficient (Wildman–Crippen LogP) is 1.99. The number of rotatable bonds is 1. The summed E-state index contributed by atoms with van der Waals surface area (Å²) in [5.74, 6) is -0.331. The summed E-state index contributed by atoms with van der Waals surface area (Å²) in [6.45, 7) is 8.65. The van der Waals surface area contributed by atoms with E-state index in [-0.39, 0.29) is 17.4 Å². The van der Waals surface area contributed by atoms with Crippen molar-refractivity contribution >= 4 is 5.91 Å². The van der Waals surface area contributed by atoms with Crippen molar-refractivity contribution in [1.82, 2.24) is 4.90 Å². The van der Waals surface area contributed by atoms with Crippen LogP contribution in [0.5, 0.6) is 0 Å². The Labute approximate surface area is 79.1 Å². The van der Waals surface area contributed by atoms with Crippen molar-refractivity contribution in [1.29, 1.82) is 0 Å². The first-order chi connectivity index (χ1) is 5.88. The second-order valence-electron chi connectivity index (χ2n) is 4.71. The molecule has 2 unspecified atom stereocenters. The molecule has 1 amide bonds. The molecule has 0 aliphatic carbocycles. The quantitative estimate of drug-likeness (QED) is 0.614. The van der Waals surface area contributed by atoms with Gasteiger partial charge in [0.05, 0.1) is 0 Å². The van der Waals surface area contributed by atoms with Gasteiger partial charge < -0.3 is 4.90 Å². The van der Waals surface area contributed by atoms with Gasteiger partial charge in [0.25, 0.3) is 5.91 Å². The molecule has 1 heterocycles. The maximum Gasteiger partial charge on any atom is 0.257 e. The Bertz CT molecular complexity index is 209. The zero-order valence-corrected chi connectivity index (χ0v) is 8.80. The van der Waals surface area contributed by atoms with Crippen molar-refractivity contribution in [3.63, 3.8) is 0 Å². The van der Waals surface area contributed by atoms with Crippen LogP contribution in [0.2, 0.25) is 0 Å². The Hall–Kier alpha value is -0.600. The van der Waals surface area contributed by atoms with E-state index in [1.165, 1.54) is 0 Å². The summed E-state index contributed by atoms with van der Waals surface area (Å²) in [6, 6.07) is 0.0556. The molecule has 2 nitrogen and oxygen atoms in total. The molecule has 0 aromatic heterocycles. The van der Waals surface area contributed by atoms with Crippen LogP contribution in [-0.4, -0.2) is 29.6 Å². The van der Waals surface area contributed by atoms with Crippen LogP contribution in [0, 0.1) is 5.41 Å². The number of nitrogens with zero attached hydrogens (tertiary/aromatic N) is 1. The molecule has 2 atom stereocenters. The first-order valence-corrected chi connectivity index (χ1v) is 4.82.